The molecule has 25 heavy (non-hydrogen) atoms. The van der Waals surface area contributed by atoms with Gasteiger partial charge in [0.05, 0.1) is 12.3 Å². The maximum absolute atomic E-state index is 12.7. The third-order valence-electron chi connectivity index (χ3n) is 3.69. The zero-order valence-electron chi connectivity index (χ0n) is 13.4. The molecule has 0 saturated carbocycles. The molecule has 7 N–H and O–H groups in total. The molecular weight excluding hydrogens is 352 g/mol. The number of ether oxygens (including phenoxy) is 1. The number of aromatic nitrogens is 3. The van der Waals surface area contributed by atoms with Crippen LogP contribution < -0.4 is 16.6 Å². The minimum Gasteiger partial charge on any atom is -0.394 e. The van der Waals surface area contributed by atoms with Crippen LogP contribution in [0.15, 0.2) is 4.79 Å². The number of nitrogens with zero attached hydrogens (tertiary/aromatic N) is 3. The quantitative estimate of drug-likeness (QED) is 0.243. The van der Waals surface area contributed by atoms with E-state index >= 15 is 0 Å². The first-order valence-corrected chi connectivity index (χ1v) is 7.98. The molecule has 138 valence electrons. The van der Waals surface area contributed by atoms with Crippen LogP contribution in [-0.4, -0.2) is 66.1 Å². The lowest BCUT2D eigenvalue weighted by Gasteiger charge is -2.18. The highest BCUT2D eigenvalue weighted by Crippen LogP contribution is 2.27. The van der Waals surface area contributed by atoms with E-state index in [1.165, 1.54) is 0 Å². The Bertz CT molecular complexity index is 725. The first kappa shape index (κ1) is 19.3. The van der Waals surface area contributed by atoms with Crippen molar-refractivity contribution in [3.05, 3.63) is 16.0 Å². The molecule has 0 radical (unpaired) electrons. The second-order valence-electron chi connectivity index (χ2n) is 5.51. The van der Waals surface area contributed by atoms with Gasteiger partial charge in [0.15, 0.2) is 11.3 Å². The second kappa shape index (κ2) is 7.93. The van der Waals surface area contributed by atoms with Gasteiger partial charge >= 0.3 is 0 Å². The summed E-state index contributed by atoms with van der Waals surface area (Å²) >= 11 is 4.75. The Labute approximate surface area is 147 Å². The number of thiocarbonyl (C=S) groups is 1. The Morgan fingerprint density at radius 1 is 1.48 bits per heavy atom. The van der Waals surface area contributed by atoms with Crippen molar-refractivity contribution in [2.75, 3.05) is 11.9 Å². The van der Waals surface area contributed by atoms with Gasteiger partial charge in [-0.05, 0) is 18.6 Å². The molecule has 4 unspecified atom stereocenters. The summed E-state index contributed by atoms with van der Waals surface area (Å²) in [6.07, 6.45) is -4.30. The molecule has 2 heterocycles. The number of hydrogen-bond donors (Lipinski definition) is 6. The number of aliphatic hydroxyl groups is 3. The molecule has 0 aliphatic carbocycles. The summed E-state index contributed by atoms with van der Waals surface area (Å²) in [7, 11) is 0. The lowest BCUT2D eigenvalue weighted by molar-refractivity contribution is -0.0622. The van der Waals surface area contributed by atoms with E-state index in [0.717, 1.165) is 0 Å². The smallest absolute Gasteiger partial charge is 0.296 e. The molecule has 0 aromatic carbocycles. The van der Waals surface area contributed by atoms with Crippen LogP contribution >= 0.6 is 12.2 Å². The monoisotopic (exact) mass is 372 g/mol. The number of hydrogen-bond acceptors (Lipinski definition) is 9. The van der Waals surface area contributed by atoms with Crippen molar-refractivity contribution < 1.29 is 20.1 Å². The van der Waals surface area contributed by atoms with E-state index in [9.17, 15) is 15.0 Å². The van der Waals surface area contributed by atoms with Crippen LogP contribution in [-0.2, 0) is 4.74 Å². The predicted octanol–water partition coefficient (Wildman–Crippen LogP) is -1.93. The Balaban J connectivity index is 2.49. The lowest BCUT2D eigenvalue weighted by atomic mass is 10.1. The Morgan fingerprint density at radius 2 is 2.16 bits per heavy atom. The molecule has 1 aliphatic rings. The third kappa shape index (κ3) is 3.82. The van der Waals surface area contributed by atoms with Crippen molar-refractivity contribution in [3.63, 3.8) is 0 Å². The van der Waals surface area contributed by atoms with E-state index in [0.29, 0.717) is 17.5 Å². The summed E-state index contributed by atoms with van der Waals surface area (Å²) in [5.41, 5.74) is 4.54. The van der Waals surface area contributed by atoms with Crippen molar-refractivity contribution >= 4 is 28.7 Å². The van der Waals surface area contributed by atoms with Gasteiger partial charge in [0.2, 0.25) is 0 Å². The van der Waals surface area contributed by atoms with Crippen LogP contribution in [0, 0.1) is 5.41 Å². The predicted molar refractivity (Wildman–Crippen MR) is 91.4 cm³/mol. The molecule has 1 fully saturated rings. The molecule has 0 spiro atoms. The van der Waals surface area contributed by atoms with Crippen molar-refractivity contribution in [3.8, 4) is 0 Å². The average molecular weight is 372 g/mol. The van der Waals surface area contributed by atoms with Crippen LogP contribution in [0.5, 0.6) is 0 Å². The molecule has 1 aliphatic heterocycles. The van der Waals surface area contributed by atoms with E-state index in [-0.39, 0.29) is 22.2 Å². The normalized spacial score (nSPS) is 25.8. The number of anilines is 1. The van der Waals surface area contributed by atoms with Crippen LogP contribution in [0.25, 0.3) is 0 Å². The maximum atomic E-state index is 12.7. The minimum absolute atomic E-state index is 0.0114. The van der Waals surface area contributed by atoms with Gasteiger partial charge in [-0.2, -0.15) is 4.68 Å². The van der Waals surface area contributed by atoms with Gasteiger partial charge in [-0.15, -0.1) is 5.10 Å². The van der Waals surface area contributed by atoms with Gasteiger partial charge in [-0.25, -0.2) is 0 Å². The summed E-state index contributed by atoms with van der Waals surface area (Å²) in [5.74, 6) is 0. The van der Waals surface area contributed by atoms with Gasteiger partial charge in [-0.3, -0.25) is 4.79 Å². The SMILES string of the molecule is CCCC(=N)c1nnn(C2OC(CO)C(O)C2O)c(=O)c1NC(N)=S. The van der Waals surface area contributed by atoms with Crippen molar-refractivity contribution in [1.82, 2.24) is 15.0 Å². The lowest BCUT2D eigenvalue weighted by Crippen LogP contribution is -2.39. The summed E-state index contributed by atoms with van der Waals surface area (Å²) in [5, 5.41) is 46.8. The fraction of sp³-hybridized carbons (Fsp3) is 0.615. The van der Waals surface area contributed by atoms with Crippen LogP contribution in [0.2, 0.25) is 0 Å². The largest absolute Gasteiger partial charge is 0.394 e. The van der Waals surface area contributed by atoms with Crippen LogP contribution in [0.4, 0.5) is 5.69 Å². The molecule has 0 bridgehead atoms. The molecule has 4 atom stereocenters. The van der Waals surface area contributed by atoms with Gasteiger partial charge in [-0.1, -0.05) is 18.6 Å². The van der Waals surface area contributed by atoms with Crippen molar-refractivity contribution in [1.29, 1.82) is 5.41 Å². The van der Waals surface area contributed by atoms with Gasteiger partial charge < -0.3 is 36.5 Å². The summed E-state index contributed by atoms with van der Waals surface area (Å²) < 4.78 is 5.99. The summed E-state index contributed by atoms with van der Waals surface area (Å²) in [6, 6.07) is 0. The second-order valence-corrected chi connectivity index (χ2v) is 5.95. The number of rotatable bonds is 6. The fourth-order valence-corrected chi connectivity index (χ4v) is 2.57. The molecule has 2 rings (SSSR count). The van der Waals surface area contributed by atoms with E-state index in [1.807, 2.05) is 6.92 Å². The standard InChI is InChI=1S/C13H20N6O5S/c1-2-3-5(14)7-8(16-13(15)25)11(23)19(18-17-7)12-10(22)9(21)6(4-20)24-12/h6,9-10,12,14,20-22H,2-4H2,1H3,(H3,15,16,25). The highest BCUT2D eigenvalue weighted by molar-refractivity contribution is 7.80. The van der Waals surface area contributed by atoms with Crippen LogP contribution in [0.3, 0.4) is 0 Å². The van der Waals surface area contributed by atoms with E-state index < -0.39 is 36.7 Å². The van der Waals surface area contributed by atoms with E-state index in [1.54, 1.807) is 0 Å². The van der Waals surface area contributed by atoms with Crippen molar-refractivity contribution in [2.45, 2.75) is 44.3 Å². The highest BCUT2D eigenvalue weighted by Gasteiger charge is 2.44. The number of nitrogens with two attached hydrogens (primary N) is 1. The number of nitrogens with one attached hydrogen (secondary N) is 2. The Morgan fingerprint density at radius 3 is 2.68 bits per heavy atom. The molecule has 1 saturated heterocycles. The van der Waals surface area contributed by atoms with Gasteiger partial charge in [0.1, 0.15) is 29.7 Å². The summed E-state index contributed by atoms with van der Waals surface area (Å²) in [6.45, 7) is 1.32. The molecule has 0 amide bonds. The zero-order chi connectivity index (χ0) is 18.7. The topological polar surface area (TPSA) is 180 Å². The van der Waals surface area contributed by atoms with Crippen LogP contribution in [0.1, 0.15) is 31.7 Å². The zero-order valence-corrected chi connectivity index (χ0v) is 14.2. The molecule has 12 heteroatoms. The van der Waals surface area contributed by atoms with E-state index in [2.05, 4.69) is 15.6 Å². The molecule has 1 aromatic heterocycles. The highest BCUT2D eigenvalue weighted by atomic mass is 32.1. The maximum Gasteiger partial charge on any atom is 0.296 e. The Hall–Kier alpha value is -1.99. The first-order chi connectivity index (χ1) is 11.8. The molecule has 11 nitrogen and oxygen atoms in total. The van der Waals surface area contributed by atoms with Gasteiger partial charge in [0.25, 0.3) is 5.56 Å². The Kier molecular flexibility index (Phi) is 6.13. The molecular formula is C13H20N6O5S. The van der Waals surface area contributed by atoms with Gasteiger partial charge in [0, 0.05) is 0 Å². The third-order valence-corrected chi connectivity index (χ3v) is 3.79. The van der Waals surface area contributed by atoms with E-state index in [4.69, 9.17) is 33.2 Å². The number of aliphatic hydroxyl groups excluding tert-OH is 3. The average Bonchev–Trinajstić information content (AvgIpc) is 2.84. The first-order valence-electron chi connectivity index (χ1n) is 7.58. The fourth-order valence-electron chi connectivity index (χ4n) is 2.46. The minimum atomic E-state index is -1.50. The molecule has 1 aromatic rings. The summed E-state index contributed by atoms with van der Waals surface area (Å²) in [4.78, 5) is 12.7. The van der Waals surface area contributed by atoms with Crippen molar-refractivity contribution in [2.24, 2.45) is 5.73 Å².